The molecule has 0 aliphatic carbocycles. The van der Waals surface area contributed by atoms with Crippen LogP contribution in [0, 0.1) is 11.8 Å². The third-order valence-electron chi connectivity index (χ3n) is 2.99. The Kier molecular flexibility index (Phi) is 10.8. The molecule has 0 unspecified atom stereocenters. The quantitative estimate of drug-likeness (QED) is 0.343. The van der Waals surface area contributed by atoms with Gasteiger partial charge in [-0.05, 0) is 32.5 Å². The third kappa shape index (κ3) is 10.4. The van der Waals surface area contributed by atoms with Crippen LogP contribution in [0.1, 0.15) is 41.0 Å². The average molecular weight is 395 g/mol. The second-order valence-electron chi connectivity index (χ2n) is 6.08. The maximum Gasteiger partial charge on any atom is 0.370 e. The predicted molar refractivity (Wildman–Crippen MR) is 97.5 cm³/mol. The molecule has 0 bridgehead atoms. The molecule has 0 saturated carbocycles. The zero-order chi connectivity index (χ0) is 19.6. The Labute approximate surface area is 157 Å². The standard InChI is InChI=1S/C16H26O7S2/c1-6-21-14(19)11(7-12(17)16(4,5)24)8-25-15(20)23-9-22-13(18)10(2)3/h10-11,24H,6-9H2,1-5H3/t11-/m0/s1. The molecule has 0 radical (unpaired) electrons. The van der Waals surface area contributed by atoms with Gasteiger partial charge in [0.05, 0.1) is 23.2 Å². The Hall–Kier alpha value is -1.22. The van der Waals surface area contributed by atoms with Gasteiger partial charge in [-0.1, -0.05) is 13.8 Å². The van der Waals surface area contributed by atoms with Gasteiger partial charge in [0, 0.05) is 12.2 Å². The fraction of sp³-hybridized carbons (Fsp3) is 0.750. The van der Waals surface area contributed by atoms with E-state index < -0.39 is 34.7 Å². The van der Waals surface area contributed by atoms with Crippen LogP contribution in [0.25, 0.3) is 0 Å². The lowest BCUT2D eigenvalue weighted by atomic mass is 9.97. The van der Waals surface area contributed by atoms with Crippen LogP contribution in [0.4, 0.5) is 4.79 Å². The molecule has 0 rings (SSSR count). The van der Waals surface area contributed by atoms with Crippen LogP contribution < -0.4 is 0 Å². The number of hydrogen-bond donors (Lipinski definition) is 1. The smallest absolute Gasteiger partial charge is 0.370 e. The first-order chi connectivity index (χ1) is 11.5. The summed E-state index contributed by atoms with van der Waals surface area (Å²) in [7, 11) is 0. The largest absolute Gasteiger partial charge is 0.466 e. The Morgan fingerprint density at radius 3 is 2.12 bits per heavy atom. The summed E-state index contributed by atoms with van der Waals surface area (Å²) < 4.78 is 13.5. The summed E-state index contributed by atoms with van der Waals surface area (Å²) in [5.41, 5.74) is 0. The third-order valence-corrected chi connectivity index (χ3v) is 4.16. The van der Waals surface area contributed by atoms with E-state index in [0.717, 1.165) is 11.8 Å². The molecular formula is C16H26O7S2. The van der Waals surface area contributed by atoms with Crippen LogP contribution in [-0.2, 0) is 28.6 Å². The van der Waals surface area contributed by atoms with E-state index in [0.29, 0.717) is 0 Å². The minimum Gasteiger partial charge on any atom is -0.466 e. The van der Waals surface area contributed by atoms with Gasteiger partial charge in [-0.2, -0.15) is 12.6 Å². The van der Waals surface area contributed by atoms with Gasteiger partial charge >= 0.3 is 17.2 Å². The molecule has 0 aliphatic heterocycles. The molecule has 7 nitrogen and oxygen atoms in total. The van der Waals surface area contributed by atoms with Crippen LogP contribution >= 0.6 is 24.4 Å². The summed E-state index contributed by atoms with van der Waals surface area (Å²) in [5.74, 6) is -2.35. The number of thiol groups is 1. The molecule has 1 atom stereocenters. The Morgan fingerprint density at radius 1 is 1.04 bits per heavy atom. The van der Waals surface area contributed by atoms with E-state index in [1.807, 2.05) is 0 Å². The molecule has 0 aromatic heterocycles. The first-order valence-corrected chi connectivity index (χ1v) is 9.30. The second kappa shape index (κ2) is 11.4. The first-order valence-electron chi connectivity index (χ1n) is 7.87. The summed E-state index contributed by atoms with van der Waals surface area (Å²) >= 11 is 4.91. The molecule has 144 valence electrons. The van der Waals surface area contributed by atoms with Gasteiger partial charge in [0.15, 0.2) is 0 Å². The van der Waals surface area contributed by atoms with Gasteiger partial charge in [0.2, 0.25) is 6.79 Å². The lowest BCUT2D eigenvalue weighted by Gasteiger charge is -2.20. The molecule has 0 fully saturated rings. The zero-order valence-corrected chi connectivity index (χ0v) is 16.9. The van der Waals surface area contributed by atoms with E-state index in [4.69, 9.17) is 14.2 Å². The number of carbonyl (C=O) groups excluding carboxylic acids is 4. The minimum atomic E-state index is -0.888. The molecule has 0 aromatic rings. The van der Waals surface area contributed by atoms with Gasteiger partial charge in [-0.3, -0.25) is 14.4 Å². The number of thioether (sulfide) groups is 1. The molecule has 0 heterocycles. The van der Waals surface area contributed by atoms with Crippen LogP contribution in [-0.4, -0.2) is 46.9 Å². The van der Waals surface area contributed by atoms with Crippen molar-refractivity contribution in [1.82, 2.24) is 0 Å². The Morgan fingerprint density at radius 2 is 1.64 bits per heavy atom. The Bertz CT molecular complexity index is 483. The predicted octanol–water partition coefficient (Wildman–Crippen LogP) is 2.86. The monoisotopic (exact) mass is 394 g/mol. The molecule has 0 N–H and O–H groups in total. The number of ether oxygens (including phenoxy) is 3. The maximum absolute atomic E-state index is 12.1. The van der Waals surface area contributed by atoms with Crippen molar-refractivity contribution in [2.75, 3.05) is 19.2 Å². The molecule has 0 saturated heterocycles. The molecular weight excluding hydrogens is 368 g/mol. The van der Waals surface area contributed by atoms with Crippen molar-refractivity contribution in [3.8, 4) is 0 Å². The van der Waals surface area contributed by atoms with E-state index >= 15 is 0 Å². The van der Waals surface area contributed by atoms with Gasteiger partial charge in [0.1, 0.15) is 5.78 Å². The summed E-state index contributed by atoms with van der Waals surface area (Å²) in [6, 6.07) is 0. The lowest BCUT2D eigenvalue weighted by molar-refractivity contribution is -0.155. The summed E-state index contributed by atoms with van der Waals surface area (Å²) in [4.78, 5) is 46.9. The van der Waals surface area contributed by atoms with Crippen molar-refractivity contribution in [3.63, 3.8) is 0 Å². The number of Topliss-reactive ketones (excluding diaryl/α,β-unsaturated/α-hetero) is 1. The van der Waals surface area contributed by atoms with Gasteiger partial charge in [-0.15, -0.1) is 0 Å². The molecule has 0 spiro atoms. The minimum absolute atomic E-state index is 0.0192. The SMILES string of the molecule is CCOC(=O)[C@H](CSC(=O)OCOC(=O)C(C)C)CC(=O)C(C)(C)S. The lowest BCUT2D eigenvalue weighted by Crippen LogP contribution is -2.31. The molecule has 0 aromatic carbocycles. The van der Waals surface area contributed by atoms with E-state index in [1.165, 1.54) is 0 Å². The van der Waals surface area contributed by atoms with Crippen molar-refractivity contribution >= 4 is 47.4 Å². The highest BCUT2D eigenvalue weighted by molar-refractivity contribution is 8.13. The van der Waals surface area contributed by atoms with Crippen molar-refractivity contribution in [2.45, 2.75) is 45.8 Å². The number of esters is 2. The van der Waals surface area contributed by atoms with Gasteiger partial charge in [-0.25, -0.2) is 4.79 Å². The van der Waals surface area contributed by atoms with Crippen LogP contribution in [0.5, 0.6) is 0 Å². The van der Waals surface area contributed by atoms with E-state index in [1.54, 1.807) is 34.6 Å². The molecule has 25 heavy (non-hydrogen) atoms. The number of hydrogen-bond acceptors (Lipinski definition) is 9. The highest BCUT2D eigenvalue weighted by Crippen LogP contribution is 2.23. The fourth-order valence-corrected chi connectivity index (χ4v) is 2.27. The van der Waals surface area contributed by atoms with E-state index in [2.05, 4.69) is 12.6 Å². The number of ketones is 1. The molecule has 0 amide bonds. The van der Waals surface area contributed by atoms with Gasteiger partial charge in [0.25, 0.3) is 0 Å². The summed E-state index contributed by atoms with van der Waals surface area (Å²) in [6.07, 6.45) is -0.0854. The summed E-state index contributed by atoms with van der Waals surface area (Å²) in [6.45, 7) is 7.91. The van der Waals surface area contributed by atoms with Crippen molar-refractivity contribution in [2.24, 2.45) is 11.8 Å². The first kappa shape index (κ1) is 23.8. The normalized spacial score (nSPS) is 12.4. The van der Waals surface area contributed by atoms with Crippen LogP contribution in [0.2, 0.25) is 0 Å². The zero-order valence-electron chi connectivity index (χ0n) is 15.2. The molecule has 9 heteroatoms. The average Bonchev–Trinajstić information content (AvgIpc) is 2.49. The fourth-order valence-electron chi connectivity index (χ4n) is 1.46. The number of rotatable bonds is 10. The van der Waals surface area contributed by atoms with Crippen molar-refractivity contribution < 1.29 is 33.4 Å². The topological polar surface area (TPSA) is 96.0 Å². The maximum atomic E-state index is 12.1. The van der Waals surface area contributed by atoms with E-state index in [-0.39, 0.29) is 30.5 Å². The van der Waals surface area contributed by atoms with Crippen LogP contribution in [0.3, 0.4) is 0 Å². The molecule has 0 aliphatic rings. The highest BCUT2D eigenvalue weighted by atomic mass is 32.2. The van der Waals surface area contributed by atoms with Crippen molar-refractivity contribution in [1.29, 1.82) is 0 Å². The van der Waals surface area contributed by atoms with E-state index in [9.17, 15) is 19.2 Å². The summed E-state index contributed by atoms with van der Waals surface area (Å²) in [5, 5.41) is -0.705. The van der Waals surface area contributed by atoms with Crippen LogP contribution in [0.15, 0.2) is 0 Å². The highest BCUT2D eigenvalue weighted by Gasteiger charge is 2.30. The number of carbonyl (C=O) groups is 4. The van der Waals surface area contributed by atoms with Gasteiger partial charge < -0.3 is 14.2 Å². The second-order valence-corrected chi connectivity index (χ2v) is 8.15. The Balaban J connectivity index is 4.51. The van der Waals surface area contributed by atoms with Crippen molar-refractivity contribution in [3.05, 3.63) is 0 Å².